The summed E-state index contributed by atoms with van der Waals surface area (Å²) < 4.78 is 17.0. The van der Waals surface area contributed by atoms with Crippen LogP contribution in [-0.4, -0.2) is 28.5 Å². The first-order chi connectivity index (χ1) is 14.7. The SMILES string of the molecule is CCOc1cccc2cc(-c3nnc(NC(=O)CCCSc4ccccc4)o3)oc12. The number of hydrogen-bond donors (Lipinski definition) is 1. The molecule has 1 amide bonds. The zero-order valence-corrected chi connectivity index (χ0v) is 17.3. The molecular formula is C22H21N3O4S. The highest BCUT2D eigenvalue weighted by atomic mass is 32.2. The Bertz CT molecular complexity index is 1120. The van der Waals surface area contributed by atoms with Crippen molar-refractivity contribution in [2.75, 3.05) is 17.7 Å². The largest absolute Gasteiger partial charge is 0.490 e. The van der Waals surface area contributed by atoms with Crippen molar-refractivity contribution in [3.8, 4) is 17.4 Å². The van der Waals surface area contributed by atoms with Gasteiger partial charge in [0.05, 0.1) is 6.61 Å². The zero-order chi connectivity index (χ0) is 20.8. The van der Waals surface area contributed by atoms with Crippen LogP contribution in [0.2, 0.25) is 0 Å². The van der Waals surface area contributed by atoms with Crippen LogP contribution in [0.1, 0.15) is 19.8 Å². The van der Waals surface area contributed by atoms with Gasteiger partial charge in [-0.2, -0.15) is 0 Å². The van der Waals surface area contributed by atoms with Gasteiger partial charge >= 0.3 is 6.01 Å². The quantitative estimate of drug-likeness (QED) is 0.285. The van der Waals surface area contributed by atoms with E-state index in [1.807, 2.05) is 43.3 Å². The summed E-state index contributed by atoms with van der Waals surface area (Å²) in [6.45, 7) is 2.45. The second kappa shape index (κ2) is 9.49. The van der Waals surface area contributed by atoms with Gasteiger partial charge in [0.25, 0.3) is 5.89 Å². The number of nitrogens with zero attached hydrogens (tertiary/aromatic N) is 2. The van der Waals surface area contributed by atoms with Crippen LogP contribution in [0.4, 0.5) is 6.01 Å². The Hall–Kier alpha value is -3.26. The minimum atomic E-state index is -0.165. The first-order valence-corrected chi connectivity index (χ1v) is 10.7. The molecule has 0 saturated carbocycles. The van der Waals surface area contributed by atoms with Crippen LogP contribution in [0.5, 0.6) is 5.75 Å². The number of benzene rings is 2. The van der Waals surface area contributed by atoms with Crippen LogP contribution in [0.25, 0.3) is 22.6 Å². The summed E-state index contributed by atoms with van der Waals surface area (Å²) in [6.07, 6.45) is 1.12. The molecule has 0 bridgehead atoms. The van der Waals surface area contributed by atoms with E-state index in [2.05, 4.69) is 27.6 Å². The number of aromatic nitrogens is 2. The van der Waals surface area contributed by atoms with E-state index in [-0.39, 0.29) is 17.8 Å². The van der Waals surface area contributed by atoms with Crippen molar-refractivity contribution < 1.29 is 18.4 Å². The maximum absolute atomic E-state index is 12.1. The monoisotopic (exact) mass is 423 g/mol. The van der Waals surface area contributed by atoms with E-state index in [9.17, 15) is 4.79 Å². The van der Waals surface area contributed by atoms with Gasteiger partial charge in [-0.1, -0.05) is 35.4 Å². The van der Waals surface area contributed by atoms with Crippen LogP contribution in [0.3, 0.4) is 0 Å². The van der Waals surface area contributed by atoms with Crippen LogP contribution in [0, 0.1) is 0 Å². The first-order valence-electron chi connectivity index (χ1n) is 9.70. The summed E-state index contributed by atoms with van der Waals surface area (Å²) in [6, 6.07) is 17.6. The Balaban J connectivity index is 1.33. The summed E-state index contributed by atoms with van der Waals surface area (Å²) >= 11 is 1.72. The van der Waals surface area contributed by atoms with Crippen molar-refractivity contribution >= 4 is 34.7 Å². The number of furan rings is 1. The first kappa shape index (κ1) is 20.0. The van der Waals surface area contributed by atoms with Gasteiger partial charge in [0.15, 0.2) is 17.1 Å². The molecule has 0 fully saturated rings. The average Bonchev–Trinajstić information content (AvgIpc) is 3.40. The van der Waals surface area contributed by atoms with Crippen LogP contribution in [-0.2, 0) is 4.79 Å². The summed E-state index contributed by atoms with van der Waals surface area (Å²) in [5.74, 6) is 1.96. The molecule has 7 nitrogen and oxygen atoms in total. The highest BCUT2D eigenvalue weighted by Crippen LogP contribution is 2.33. The molecule has 0 spiro atoms. The molecule has 8 heteroatoms. The number of thioether (sulfide) groups is 1. The number of para-hydroxylation sites is 1. The number of nitrogens with one attached hydrogen (secondary N) is 1. The molecule has 2 aromatic heterocycles. The molecule has 4 aromatic rings. The molecular weight excluding hydrogens is 402 g/mol. The summed E-state index contributed by atoms with van der Waals surface area (Å²) in [5.41, 5.74) is 0.619. The minimum Gasteiger partial charge on any atom is -0.490 e. The topological polar surface area (TPSA) is 90.4 Å². The molecule has 0 unspecified atom stereocenters. The predicted octanol–water partition coefficient (Wildman–Crippen LogP) is 5.39. The van der Waals surface area contributed by atoms with E-state index in [1.54, 1.807) is 17.8 Å². The van der Waals surface area contributed by atoms with E-state index in [1.165, 1.54) is 4.90 Å². The Morgan fingerprint density at radius 3 is 2.80 bits per heavy atom. The molecule has 4 rings (SSSR count). The van der Waals surface area contributed by atoms with Gasteiger partial charge in [-0.05, 0) is 43.4 Å². The molecule has 2 heterocycles. The van der Waals surface area contributed by atoms with Crippen LogP contribution >= 0.6 is 11.8 Å². The van der Waals surface area contributed by atoms with Crippen molar-refractivity contribution in [3.63, 3.8) is 0 Å². The number of amides is 1. The van der Waals surface area contributed by atoms with E-state index < -0.39 is 0 Å². The maximum Gasteiger partial charge on any atom is 0.322 e. The molecule has 0 aliphatic heterocycles. The number of carbonyl (C=O) groups excluding carboxylic acids is 1. The maximum atomic E-state index is 12.1. The van der Waals surface area contributed by atoms with E-state index in [0.717, 1.165) is 17.6 Å². The smallest absolute Gasteiger partial charge is 0.322 e. The molecule has 0 atom stereocenters. The lowest BCUT2D eigenvalue weighted by molar-refractivity contribution is -0.116. The lowest BCUT2D eigenvalue weighted by atomic mass is 10.2. The number of rotatable bonds is 9. The number of anilines is 1. The average molecular weight is 423 g/mol. The third kappa shape index (κ3) is 4.83. The second-order valence-corrected chi connectivity index (χ2v) is 7.61. The Morgan fingerprint density at radius 1 is 1.10 bits per heavy atom. The third-order valence-corrected chi connectivity index (χ3v) is 5.35. The summed E-state index contributed by atoms with van der Waals surface area (Å²) in [5, 5.41) is 11.4. The summed E-state index contributed by atoms with van der Waals surface area (Å²) in [7, 11) is 0. The highest BCUT2D eigenvalue weighted by molar-refractivity contribution is 7.99. The number of carbonyl (C=O) groups is 1. The van der Waals surface area contributed by atoms with E-state index in [0.29, 0.717) is 30.1 Å². The molecule has 0 radical (unpaired) electrons. The van der Waals surface area contributed by atoms with Crippen molar-refractivity contribution in [1.29, 1.82) is 0 Å². The van der Waals surface area contributed by atoms with Gasteiger partial charge in [-0.15, -0.1) is 16.9 Å². The second-order valence-electron chi connectivity index (χ2n) is 6.44. The van der Waals surface area contributed by atoms with Crippen molar-refractivity contribution in [2.24, 2.45) is 0 Å². The van der Waals surface area contributed by atoms with Gasteiger partial charge in [0, 0.05) is 16.7 Å². The van der Waals surface area contributed by atoms with Gasteiger partial charge in [0.1, 0.15) is 0 Å². The van der Waals surface area contributed by atoms with E-state index in [4.69, 9.17) is 13.6 Å². The standard InChI is InChI=1S/C22H21N3O4S/c1-2-27-17-11-6-8-15-14-18(28-20(15)17)21-24-25-22(29-21)23-19(26)12-7-13-30-16-9-4-3-5-10-16/h3-6,8-11,14H,2,7,12-13H2,1H3,(H,23,25,26). The normalized spacial score (nSPS) is 11.0. The fourth-order valence-electron chi connectivity index (χ4n) is 2.91. The number of hydrogen-bond acceptors (Lipinski definition) is 7. The number of ether oxygens (including phenoxy) is 1. The van der Waals surface area contributed by atoms with Gasteiger partial charge < -0.3 is 13.6 Å². The lowest BCUT2D eigenvalue weighted by Crippen LogP contribution is -2.11. The lowest BCUT2D eigenvalue weighted by Gasteiger charge is -2.02. The number of fused-ring (bicyclic) bond motifs is 1. The minimum absolute atomic E-state index is 0.0520. The zero-order valence-electron chi connectivity index (χ0n) is 16.5. The third-order valence-electron chi connectivity index (χ3n) is 4.25. The fourth-order valence-corrected chi connectivity index (χ4v) is 3.78. The Morgan fingerprint density at radius 2 is 1.97 bits per heavy atom. The predicted molar refractivity (Wildman–Crippen MR) is 116 cm³/mol. The molecule has 154 valence electrons. The van der Waals surface area contributed by atoms with Gasteiger partial charge in [0.2, 0.25) is 5.91 Å². The van der Waals surface area contributed by atoms with Crippen LogP contribution < -0.4 is 10.1 Å². The van der Waals surface area contributed by atoms with Crippen molar-refractivity contribution in [3.05, 3.63) is 54.6 Å². The molecule has 0 aliphatic rings. The Kier molecular flexibility index (Phi) is 6.34. The van der Waals surface area contributed by atoms with Crippen molar-refractivity contribution in [1.82, 2.24) is 10.2 Å². The summed E-state index contributed by atoms with van der Waals surface area (Å²) in [4.78, 5) is 13.3. The molecule has 30 heavy (non-hydrogen) atoms. The van der Waals surface area contributed by atoms with Crippen LogP contribution in [0.15, 0.2) is 68.3 Å². The van der Waals surface area contributed by atoms with Crippen molar-refractivity contribution in [2.45, 2.75) is 24.7 Å². The molecule has 0 aliphatic carbocycles. The van der Waals surface area contributed by atoms with Gasteiger partial charge in [-0.3, -0.25) is 10.1 Å². The molecule has 2 aromatic carbocycles. The van der Waals surface area contributed by atoms with Gasteiger partial charge in [-0.25, -0.2) is 0 Å². The van der Waals surface area contributed by atoms with E-state index >= 15 is 0 Å². The highest BCUT2D eigenvalue weighted by Gasteiger charge is 2.17. The molecule has 0 saturated heterocycles. The fraction of sp³-hybridized carbons (Fsp3) is 0.227. The Labute approximate surface area is 177 Å². The molecule has 1 N–H and O–H groups in total.